The summed E-state index contributed by atoms with van der Waals surface area (Å²) in [5, 5.41) is 4.71. The molecule has 1 aliphatic heterocycles. The van der Waals surface area contributed by atoms with Gasteiger partial charge in [0.25, 0.3) is 5.56 Å². The Kier molecular flexibility index (Phi) is 6.36. The zero-order valence-corrected chi connectivity index (χ0v) is 18.3. The van der Waals surface area contributed by atoms with Crippen LogP contribution in [0.4, 0.5) is 4.39 Å². The van der Waals surface area contributed by atoms with Crippen LogP contribution >= 0.6 is 23.7 Å². The number of hydrogen-bond acceptors (Lipinski definition) is 5. The maximum Gasteiger partial charge on any atom is 0.258 e. The van der Waals surface area contributed by atoms with E-state index in [1.807, 2.05) is 17.4 Å². The molecule has 1 N–H and O–H groups in total. The molecule has 0 unspecified atom stereocenters. The van der Waals surface area contributed by atoms with Gasteiger partial charge in [-0.15, -0.1) is 23.7 Å². The fourth-order valence-electron chi connectivity index (χ4n) is 3.76. The van der Waals surface area contributed by atoms with E-state index in [1.54, 1.807) is 22.9 Å². The summed E-state index contributed by atoms with van der Waals surface area (Å²) in [4.78, 5) is 18.1. The Labute approximate surface area is 188 Å². The number of aromatic nitrogens is 2. The molecular formula is C23H21ClFN3O2S. The number of nitrogens with zero attached hydrogens (tertiary/aromatic N) is 2. The number of halogens is 2. The number of thiophene rings is 1. The summed E-state index contributed by atoms with van der Waals surface area (Å²) in [6.45, 7) is 2.13. The van der Waals surface area contributed by atoms with Crippen molar-refractivity contribution in [2.75, 3.05) is 6.54 Å². The second kappa shape index (κ2) is 9.18. The molecule has 0 spiro atoms. The van der Waals surface area contributed by atoms with Crippen LogP contribution in [0.15, 0.2) is 59.7 Å². The number of pyridine rings is 2. The third kappa shape index (κ3) is 4.49. The Hall–Kier alpha value is -2.74. The van der Waals surface area contributed by atoms with Crippen molar-refractivity contribution in [3.8, 4) is 11.4 Å². The first-order chi connectivity index (χ1) is 14.7. The first-order valence-corrected chi connectivity index (χ1v) is 10.7. The van der Waals surface area contributed by atoms with Gasteiger partial charge in [0, 0.05) is 34.1 Å². The van der Waals surface area contributed by atoms with Crippen molar-refractivity contribution in [1.82, 2.24) is 14.9 Å². The first-order valence-electron chi connectivity index (χ1n) is 9.89. The van der Waals surface area contributed by atoms with E-state index >= 15 is 0 Å². The second-order valence-corrected chi connectivity index (χ2v) is 8.43. The van der Waals surface area contributed by atoms with Crippen molar-refractivity contribution >= 4 is 33.8 Å². The molecule has 3 aromatic heterocycles. The lowest BCUT2D eigenvalue weighted by Gasteiger charge is -2.09. The van der Waals surface area contributed by atoms with Gasteiger partial charge in [0.1, 0.15) is 18.2 Å². The summed E-state index contributed by atoms with van der Waals surface area (Å²) in [7, 11) is 0. The molecule has 8 heteroatoms. The van der Waals surface area contributed by atoms with Crippen molar-refractivity contribution in [2.24, 2.45) is 0 Å². The van der Waals surface area contributed by atoms with Crippen LogP contribution in [-0.4, -0.2) is 16.1 Å². The van der Waals surface area contributed by atoms with Gasteiger partial charge in [-0.25, -0.2) is 4.39 Å². The van der Waals surface area contributed by atoms with Crippen molar-refractivity contribution in [3.05, 3.63) is 87.2 Å². The van der Waals surface area contributed by atoms with Gasteiger partial charge < -0.3 is 10.1 Å². The molecule has 0 atom stereocenters. The summed E-state index contributed by atoms with van der Waals surface area (Å²) in [6.07, 6.45) is 5.06. The van der Waals surface area contributed by atoms with Crippen LogP contribution in [0.3, 0.4) is 0 Å². The maximum atomic E-state index is 12.9. The molecule has 0 saturated carbocycles. The molecule has 1 aromatic carbocycles. The summed E-state index contributed by atoms with van der Waals surface area (Å²) in [5.41, 5.74) is 2.68. The number of ether oxygens (including phenoxy) is 1. The van der Waals surface area contributed by atoms with Crippen molar-refractivity contribution in [3.63, 3.8) is 0 Å². The lowest BCUT2D eigenvalue weighted by atomic mass is 10.1. The summed E-state index contributed by atoms with van der Waals surface area (Å²) < 4.78 is 21.5. The van der Waals surface area contributed by atoms with Crippen LogP contribution in [0.5, 0.6) is 5.75 Å². The standard InChI is InChI=1S/C23H20FN3O2S.ClH/c24-15-3-4-16(26-12-15)14-29-18-7-9-27(23(28)11-18)17-5-6-21-20(10-17)19-2-1-8-25-13-22(19)30-21;/h3-7,9-12,25H,1-2,8,13-14H2;1H. The summed E-state index contributed by atoms with van der Waals surface area (Å²) in [6, 6.07) is 12.3. The van der Waals surface area contributed by atoms with Gasteiger partial charge >= 0.3 is 0 Å². The molecule has 0 amide bonds. The minimum atomic E-state index is -0.392. The van der Waals surface area contributed by atoms with Gasteiger partial charge in [0.15, 0.2) is 0 Å². The van der Waals surface area contributed by atoms with Crippen molar-refractivity contribution in [1.29, 1.82) is 0 Å². The molecule has 0 radical (unpaired) electrons. The van der Waals surface area contributed by atoms with E-state index in [-0.39, 0.29) is 24.6 Å². The number of rotatable bonds is 4. The van der Waals surface area contributed by atoms with E-state index in [2.05, 4.69) is 22.4 Å². The topological polar surface area (TPSA) is 56.1 Å². The van der Waals surface area contributed by atoms with Crippen LogP contribution in [0.1, 0.15) is 22.6 Å². The predicted octanol–water partition coefficient (Wildman–Crippen LogP) is 4.62. The normalized spacial score (nSPS) is 13.3. The third-order valence-corrected chi connectivity index (χ3v) is 6.48. The molecule has 5 rings (SSSR count). The van der Waals surface area contributed by atoms with E-state index in [0.29, 0.717) is 11.4 Å². The minimum Gasteiger partial charge on any atom is -0.487 e. The number of benzene rings is 1. The monoisotopic (exact) mass is 457 g/mol. The number of hydrogen-bond donors (Lipinski definition) is 1. The average molecular weight is 458 g/mol. The van der Waals surface area contributed by atoms with Gasteiger partial charge in [-0.3, -0.25) is 14.3 Å². The Balaban J connectivity index is 0.00000231. The Bertz CT molecular complexity index is 1270. The molecule has 4 aromatic rings. The molecule has 0 saturated heterocycles. The SMILES string of the molecule is Cl.O=c1cc(OCc2ccc(F)cn2)ccn1-c1ccc2sc3c(c2c1)CCCNC3. The highest BCUT2D eigenvalue weighted by Crippen LogP contribution is 2.34. The Morgan fingerprint density at radius 1 is 1.19 bits per heavy atom. The molecule has 31 heavy (non-hydrogen) atoms. The van der Waals surface area contributed by atoms with Crippen LogP contribution in [0.2, 0.25) is 0 Å². The smallest absolute Gasteiger partial charge is 0.258 e. The fourth-order valence-corrected chi connectivity index (χ4v) is 4.96. The lowest BCUT2D eigenvalue weighted by Crippen LogP contribution is -2.16. The van der Waals surface area contributed by atoms with E-state index in [4.69, 9.17) is 4.74 Å². The highest BCUT2D eigenvalue weighted by Gasteiger charge is 2.15. The van der Waals surface area contributed by atoms with Crippen LogP contribution in [-0.2, 0) is 19.6 Å². The largest absolute Gasteiger partial charge is 0.487 e. The van der Waals surface area contributed by atoms with Crippen molar-refractivity contribution in [2.45, 2.75) is 26.0 Å². The zero-order chi connectivity index (χ0) is 20.5. The minimum absolute atomic E-state index is 0. The summed E-state index contributed by atoms with van der Waals surface area (Å²) >= 11 is 1.83. The Morgan fingerprint density at radius 3 is 2.90 bits per heavy atom. The molecule has 0 fully saturated rings. The van der Waals surface area contributed by atoms with E-state index in [1.165, 1.54) is 32.7 Å². The van der Waals surface area contributed by atoms with Crippen LogP contribution < -0.4 is 15.6 Å². The van der Waals surface area contributed by atoms with E-state index in [0.717, 1.165) is 37.8 Å². The average Bonchev–Trinajstić information content (AvgIpc) is 2.93. The lowest BCUT2D eigenvalue weighted by molar-refractivity contribution is 0.300. The maximum absolute atomic E-state index is 12.9. The van der Waals surface area contributed by atoms with Crippen LogP contribution in [0.25, 0.3) is 15.8 Å². The van der Waals surface area contributed by atoms with Gasteiger partial charge in [-0.2, -0.15) is 0 Å². The van der Waals surface area contributed by atoms with Gasteiger partial charge in [0.2, 0.25) is 0 Å². The van der Waals surface area contributed by atoms with E-state index in [9.17, 15) is 9.18 Å². The molecule has 4 heterocycles. The zero-order valence-electron chi connectivity index (χ0n) is 16.6. The highest BCUT2D eigenvalue weighted by molar-refractivity contribution is 7.19. The molecular weight excluding hydrogens is 437 g/mol. The summed E-state index contributed by atoms with van der Waals surface area (Å²) in [5.74, 6) is 0.0658. The molecule has 160 valence electrons. The Morgan fingerprint density at radius 2 is 2.10 bits per heavy atom. The van der Waals surface area contributed by atoms with E-state index < -0.39 is 5.82 Å². The number of fused-ring (bicyclic) bond motifs is 3. The highest BCUT2D eigenvalue weighted by atomic mass is 35.5. The number of aryl methyl sites for hydroxylation is 1. The number of nitrogens with one attached hydrogen (secondary N) is 1. The molecule has 5 nitrogen and oxygen atoms in total. The fraction of sp³-hybridized carbons (Fsp3) is 0.217. The van der Waals surface area contributed by atoms with Gasteiger partial charge in [0.05, 0.1) is 11.9 Å². The van der Waals surface area contributed by atoms with Gasteiger partial charge in [-0.1, -0.05) is 0 Å². The molecule has 1 aliphatic rings. The predicted molar refractivity (Wildman–Crippen MR) is 123 cm³/mol. The molecule has 0 aliphatic carbocycles. The van der Waals surface area contributed by atoms with Crippen molar-refractivity contribution < 1.29 is 9.13 Å². The first kappa shape index (κ1) is 21.5. The van der Waals surface area contributed by atoms with Crippen LogP contribution in [0, 0.1) is 5.82 Å². The molecule has 0 bridgehead atoms. The third-order valence-electron chi connectivity index (χ3n) is 5.27. The van der Waals surface area contributed by atoms with Gasteiger partial charge in [-0.05, 0) is 66.7 Å². The quantitative estimate of drug-likeness (QED) is 0.485. The second-order valence-electron chi connectivity index (χ2n) is 7.29.